The number of pyridine rings is 1. The van der Waals surface area contributed by atoms with Crippen LogP contribution in [0.2, 0.25) is 0 Å². The summed E-state index contributed by atoms with van der Waals surface area (Å²) in [5.74, 6) is -0.159. The molecule has 0 radical (unpaired) electrons. The van der Waals surface area contributed by atoms with Gasteiger partial charge in [0.2, 0.25) is 5.88 Å². The molecule has 0 saturated heterocycles. The number of aromatic nitrogens is 3. The van der Waals surface area contributed by atoms with Gasteiger partial charge in [-0.2, -0.15) is 0 Å². The third-order valence-corrected chi connectivity index (χ3v) is 5.14. The topological polar surface area (TPSA) is 39.9 Å². The number of fused-ring (bicyclic) bond motifs is 1. The predicted octanol–water partition coefficient (Wildman–Crippen LogP) is 5.21. The van der Waals surface area contributed by atoms with Crippen LogP contribution in [-0.2, 0) is 6.54 Å². The summed E-state index contributed by atoms with van der Waals surface area (Å²) in [5.41, 5.74) is 2.66. The molecule has 146 valence electrons. The summed E-state index contributed by atoms with van der Waals surface area (Å²) in [5, 5.41) is 0. The van der Waals surface area contributed by atoms with Gasteiger partial charge < -0.3 is 9.30 Å². The molecule has 0 bridgehead atoms. The highest BCUT2D eigenvalue weighted by molar-refractivity contribution is 5.82. The van der Waals surface area contributed by atoms with Crippen LogP contribution in [0.15, 0.2) is 60.8 Å². The molecule has 1 saturated carbocycles. The molecular weight excluding hydrogens is 372 g/mol. The Kier molecular flexibility index (Phi) is 4.46. The van der Waals surface area contributed by atoms with Crippen LogP contribution in [0.1, 0.15) is 18.4 Å². The lowest BCUT2D eigenvalue weighted by molar-refractivity contribution is 0.289. The molecule has 2 heterocycles. The highest BCUT2D eigenvalue weighted by atomic mass is 19.2. The molecule has 0 spiro atoms. The zero-order chi connectivity index (χ0) is 19.8. The molecule has 2 aromatic heterocycles. The van der Waals surface area contributed by atoms with Crippen LogP contribution in [0.4, 0.5) is 8.78 Å². The summed E-state index contributed by atoms with van der Waals surface area (Å²) in [6.45, 7) is 1.08. The molecule has 0 amide bonds. The van der Waals surface area contributed by atoms with Crippen LogP contribution in [-0.4, -0.2) is 21.1 Å². The van der Waals surface area contributed by atoms with Crippen molar-refractivity contribution in [2.75, 3.05) is 6.61 Å². The number of benzene rings is 2. The van der Waals surface area contributed by atoms with E-state index in [4.69, 9.17) is 4.74 Å². The first-order chi connectivity index (χ1) is 14.2. The molecule has 0 unspecified atom stereocenters. The molecule has 5 rings (SSSR count). The van der Waals surface area contributed by atoms with Gasteiger partial charge in [0.05, 0.1) is 23.2 Å². The smallest absolute Gasteiger partial charge is 0.224 e. The fourth-order valence-corrected chi connectivity index (χ4v) is 3.41. The summed E-state index contributed by atoms with van der Waals surface area (Å²) >= 11 is 0. The first kappa shape index (κ1) is 17.8. The molecule has 2 aromatic carbocycles. The van der Waals surface area contributed by atoms with Crippen LogP contribution in [0, 0.1) is 17.6 Å². The Bertz CT molecular complexity index is 1170. The van der Waals surface area contributed by atoms with Crippen LogP contribution >= 0.6 is 0 Å². The van der Waals surface area contributed by atoms with Gasteiger partial charge in [-0.1, -0.05) is 30.3 Å². The van der Waals surface area contributed by atoms with Gasteiger partial charge in [0.25, 0.3) is 0 Å². The van der Waals surface area contributed by atoms with Crippen molar-refractivity contribution in [1.29, 1.82) is 0 Å². The molecular formula is C23H19F2N3O. The lowest BCUT2D eigenvalue weighted by Crippen LogP contribution is -2.06. The van der Waals surface area contributed by atoms with Crippen molar-refractivity contribution < 1.29 is 13.5 Å². The minimum absolute atomic E-state index is 0.395. The quantitative estimate of drug-likeness (QED) is 0.453. The van der Waals surface area contributed by atoms with Crippen molar-refractivity contribution in [3.63, 3.8) is 0 Å². The van der Waals surface area contributed by atoms with Gasteiger partial charge in [0.1, 0.15) is 5.82 Å². The normalized spacial score (nSPS) is 13.7. The van der Waals surface area contributed by atoms with E-state index in [0.717, 1.165) is 11.6 Å². The third-order valence-electron chi connectivity index (χ3n) is 5.14. The average molecular weight is 391 g/mol. The first-order valence-electron chi connectivity index (χ1n) is 9.66. The van der Waals surface area contributed by atoms with Crippen molar-refractivity contribution in [3.8, 4) is 17.3 Å². The minimum Gasteiger partial charge on any atom is -0.477 e. The molecule has 0 N–H and O–H groups in total. The predicted molar refractivity (Wildman–Crippen MR) is 107 cm³/mol. The fraction of sp³-hybridized carbons (Fsp3) is 0.217. The Labute approximate surface area is 166 Å². The number of rotatable bonds is 6. The number of imidazole rings is 1. The number of hydrogen-bond acceptors (Lipinski definition) is 3. The van der Waals surface area contributed by atoms with Gasteiger partial charge in [-0.15, -0.1) is 0 Å². The molecule has 0 atom stereocenters. The van der Waals surface area contributed by atoms with Gasteiger partial charge >= 0.3 is 0 Å². The van der Waals surface area contributed by atoms with E-state index in [-0.39, 0.29) is 0 Å². The number of hydrogen-bond donors (Lipinski definition) is 0. The Morgan fingerprint density at radius 2 is 1.79 bits per heavy atom. The Balaban J connectivity index is 1.65. The van der Waals surface area contributed by atoms with Gasteiger partial charge in [-0.05, 0) is 36.5 Å². The Morgan fingerprint density at radius 3 is 2.59 bits per heavy atom. The van der Waals surface area contributed by atoms with E-state index in [1.54, 1.807) is 6.20 Å². The largest absolute Gasteiger partial charge is 0.477 e. The average Bonchev–Trinajstić information content (AvgIpc) is 3.51. The van der Waals surface area contributed by atoms with Crippen LogP contribution in [0.3, 0.4) is 0 Å². The first-order valence-corrected chi connectivity index (χ1v) is 9.66. The van der Waals surface area contributed by atoms with E-state index >= 15 is 0 Å². The molecule has 6 heteroatoms. The van der Waals surface area contributed by atoms with E-state index in [9.17, 15) is 8.78 Å². The highest BCUT2D eigenvalue weighted by Crippen LogP contribution is 2.34. The summed E-state index contributed by atoms with van der Waals surface area (Å²) in [6.07, 6.45) is 4.02. The summed E-state index contributed by atoms with van der Waals surface area (Å²) in [6, 6.07) is 15.8. The second-order valence-corrected chi connectivity index (χ2v) is 7.37. The van der Waals surface area contributed by atoms with E-state index < -0.39 is 11.6 Å². The van der Waals surface area contributed by atoms with Crippen molar-refractivity contribution in [2.24, 2.45) is 5.92 Å². The maximum Gasteiger partial charge on any atom is 0.224 e. The standard InChI is InChI=1S/C23H19F2N3O/c24-18-11-20-21(12-19(18)25)28(13-15-5-2-1-3-6-15)22(27-20)17-7-4-10-26-23(17)29-14-16-8-9-16/h1-7,10-12,16H,8-9,13-14H2. The van der Waals surface area contributed by atoms with Crippen molar-refractivity contribution >= 4 is 11.0 Å². The molecule has 4 nitrogen and oxygen atoms in total. The van der Waals surface area contributed by atoms with Crippen molar-refractivity contribution in [1.82, 2.24) is 14.5 Å². The lowest BCUT2D eigenvalue weighted by Gasteiger charge is -2.13. The SMILES string of the molecule is Fc1cc2nc(-c3cccnc3OCC3CC3)n(Cc3ccccc3)c2cc1F. The number of nitrogens with zero attached hydrogens (tertiary/aromatic N) is 3. The molecule has 4 aromatic rings. The molecule has 1 fully saturated rings. The summed E-state index contributed by atoms with van der Waals surface area (Å²) < 4.78 is 35.7. The third kappa shape index (κ3) is 3.58. The fourth-order valence-electron chi connectivity index (χ4n) is 3.41. The van der Waals surface area contributed by atoms with E-state index in [0.29, 0.717) is 47.4 Å². The zero-order valence-corrected chi connectivity index (χ0v) is 15.7. The van der Waals surface area contributed by atoms with Crippen molar-refractivity contribution in [3.05, 3.63) is 78.0 Å². The second-order valence-electron chi connectivity index (χ2n) is 7.37. The van der Waals surface area contributed by atoms with E-state index in [1.807, 2.05) is 47.0 Å². The van der Waals surface area contributed by atoms with Gasteiger partial charge in [0, 0.05) is 24.9 Å². The van der Waals surface area contributed by atoms with Crippen LogP contribution in [0.25, 0.3) is 22.4 Å². The van der Waals surface area contributed by atoms with Gasteiger partial charge in [-0.3, -0.25) is 0 Å². The molecule has 1 aliphatic carbocycles. The lowest BCUT2D eigenvalue weighted by atomic mass is 10.2. The van der Waals surface area contributed by atoms with Crippen molar-refractivity contribution in [2.45, 2.75) is 19.4 Å². The van der Waals surface area contributed by atoms with E-state index in [1.165, 1.54) is 18.9 Å². The van der Waals surface area contributed by atoms with Gasteiger partial charge in [0.15, 0.2) is 11.6 Å². The number of ether oxygens (including phenoxy) is 1. The van der Waals surface area contributed by atoms with Gasteiger partial charge in [-0.25, -0.2) is 18.7 Å². The molecule has 1 aliphatic rings. The molecule has 0 aliphatic heterocycles. The summed E-state index contributed by atoms with van der Waals surface area (Å²) in [7, 11) is 0. The Morgan fingerprint density at radius 1 is 1.00 bits per heavy atom. The van der Waals surface area contributed by atoms with E-state index in [2.05, 4.69) is 9.97 Å². The minimum atomic E-state index is -0.912. The maximum atomic E-state index is 14.0. The Hall–Kier alpha value is -3.28. The van der Waals surface area contributed by atoms with Crippen LogP contribution in [0.5, 0.6) is 5.88 Å². The highest BCUT2D eigenvalue weighted by Gasteiger charge is 2.24. The zero-order valence-electron chi connectivity index (χ0n) is 15.7. The van der Waals surface area contributed by atoms with Crippen LogP contribution < -0.4 is 4.74 Å². The summed E-state index contributed by atoms with van der Waals surface area (Å²) in [4.78, 5) is 9.01. The molecule has 29 heavy (non-hydrogen) atoms. The number of halogens is 2. The maximum absolute atomic E-state index is 14.0. The monoisotopic (exact) mass is 391 g/mol. The second kappa shape index (κ2) is 7.28.